The van der Waals surface area contributed by atoms with Gasteiger partial charge >= 0.3 is 0 Å². The van der Waals surface area contributed by atoms with Crippen molar-refractivity contribution in [1.29, 1.82) is 0 Å². The Morgan fingerprint density at radius 1 is 1.34 bits per heavy atom. The molecule has 156 valence electrons. The van der Waals surface area contributed by atoms with E-state index in [1.807, 2.05) is 6.07 Å². The van der Waals surface area contributed by atoms with Gasteiger partial charge in [-0.2, -0.15) is 0 Å². The average molecular weight is 422 g/mol. The largest absolute Gasteiger partial charge is 0.454 e. The Bertz CT molecular complexity index is 874. The van der Waals surface area contributed by atoms with Crippen LogP contribution in [-0.2, 0) is 6.54 Å². The second-order valence-electron chi connectivity index (χ2n) is 7.24. The van der Waals surface area contributed by atoms with Crippen LogP contribution < -0.4 is 14.8 Å². The van der Waals surface area contributed by atoms with Gasteiger partial charge in [-0.3, -0.25) is 9.69 Å². The van der Waals surface area contributed by atoms with E-state index in [1.54, 1.807) is 16.9 Å². The molecular weight excluding hydrogens is 398 g/mol. The summed E-state index contributed by atoms with van der Waals surface area (Å²) in [5, 5.41) is 20.4. The van der Waals surface area contributed by atoms with Gasteiger partial charge in [-0.15, -0.1) is 5.10 Å². The fraction of sp³-hybridized carbons (Fsp3) is 0.526. The van der Waals surface area contributed by atoms with Crippen molar-refractivity contribution >= 4 is 17.5 Å². The van der Waals surface area contributed by atoms with Crippen LogP contribution in [0.5, 0.6) is 11.5 Å². The quantitative estimate of drug-likeness (QED) is 0.655. The highest BCUT2D eigenvalue weighted by Gasteiger charge is 2.25. The molecule has 10 heteroatoms. The van der Waals surface area contributed by atoms with Crippen LogP contribution in [0.25, 0.3) is 0 Å². The van der Waals surface area contributed by atoms with E-state index in [0.29, 0.717) is 36.0 Å². The molecule has 0 bridgehead atoms. The summed E-state index contributed by atoms with van der Waals surface area (Å²) in [5.41, 5.74) is 1.29. The molecule has 1 atom stereocenters. The number of piperidine rings is 1. The first kappa shape index (κ1) is 19.9. The summed E-state index contributed by atoms with van der Waals surface area (Å²) < 4.78 is 12.6. The van der Waals surface area contributed by atoms with Crippen LogP contribution in [0.1, 0.15) is 41.4 Å². The number of amides is 1. The topological polar surface area (TPSA) is 102 Å². The average Bonchev–Trinajstić information content (AvgIpc) is 3.38. The zero-order valence-corrected chi connectivity index (χ0v) is 16.8. The fourth-order valence-electron chi connectivity index (χ4n) is 3.64. The lowest BCUT2D eigenvalue weighted by molar-refractivity contribution is 0.0946. The number of nitrogens with one attached hydrogen (secondary N) is 1. The van der Waals surface area contributed by atoms with Crippen LogP contribution >= 0.6 is 11.6 Å². The van der Waals surface area contributed by atoms with Crippen molar-refractivity contribution in [3.05, 3.63) is 34.6 Å². The highest BCUT2D eigenvalue weighted by atomic mass is 35.5. The first-order valence-corrected chi connectivity index (χ1v) is 10.1. The van der Waals surface area contributed by atoms with E-state index in [2.05, 4.69) is 20.5 Å². The predicted octanol–water partition coefficient (Wildman–Crippen LogP) is 1.61. The van der Waals surface area contributed by atoms with Gasteiger partial charge in [0.1, 0.15) is 0 Å². The Labute approximate surface area is 173 Å². The molecule has 2 N–H and O–H groups in total. The zero-order chi connectivity index (χ0) is 20.2. The lowest BCUT2D eigenvalue weighted by Crippen LogP contribution is -2.36. The maximum Gasteiger partial charge on any atom is 0.273 e. The summed E-state index contributed by atoms with van der Waals surface area (Å²) in [7, 11) is 0. The van der Waals surface area contributed by atoms with Crippen LogP contribution in [0.15, 0.2) is 18.3 Å². The van der Waals surface area contributed by atoms with Crippen molar-refractivity contribution in [2.45, 2.75) is 31.8 Å². The van der Waals surface area contributed by atoms with Gasteiger partial charge in [-0.25, -0.2) is 4.68 Å². The fourth-order valence-corrected chi connectivity index (χ4v) is 3.86. The number of carbonyl (C=O) groups excluding carboxylic acids is 1. The monoisotopic (exact) mass is 421 g/mol. The second-order valence-corrected chi connectivity index (χ2v) is 7.65. The minimum absolute atomic E-state index is 0.0399. The molecule has 2 aliphatic heterocycles. The Morgan fingerprint density at radius 2 is 2.17 bits per heavy atom. The number of benzene rings is 1. The number of rotatable bonds is 7. The number of halogens is 1. The van der Waals surface area contributed by atoms with Crippen molar-refractivity contribution in [3.8, 4) is 11.5 Å². The lowest BCUT2D eigenvalue weighted by Gasteiger charge is -2.32. The molecule has 0 saturated carbocycles. The number of aliphatic hydroxyl groups excluding tert-OH is 1. The first-order valence-electron chi connectivity index (χ1n) is 9.75. The minimum atomic E-state index is -0.274. The SMILES string of the molecule is O=C(NCCCO)c1cn(C2CCCN(Cc3cc4c(cc3Cl)OCO4)C2)nn1. The van der Waals surface area contributed by atoms with Crippen molar-refractivity contribution in [2.75, 3.05) is 33.0 Å². The summed E-state index contributed by atoms with van der Waals surface area (Å²) in [6.07, 6.45) is 4.20. The van der Waals surface area contributed by atoms with E-state index in [-0.39, 0.29) is 25.3 Å². The molecule has 0 radical (unpaired) electrons. The number of carbonyl (C=O) groups is 1. The van der Waals surface area contributed by atoms with E-state index in [4.69, 9.17) is 26.2 Å². The number of aliphatic hydroxyl groups is 1. The Balaban J connectivity index is 1.38. The molecule has 1 unspecified atom stereocenters. The molecule has 1 saturated heterocycles. The molecule has 2 aromatic rings. The molecule has 2 aliphatic rings. The first-order chi connectivity index (χ1) is 14.1. The molecule has 29 heavy (non-hydrogen) atoms. The van der Waals surface area contributed by atoms with Crippen molar-refractivity contribution < 1.29 is 19.4 Å². The van der Waals surface area contributed by atoms with Crippen molar-refractivity contribution in [1.82, 2.24) is 25.2 Å². The summed E-state index contributed by atoms with van der Waals surface area (Å²) in [4.78, 5) is 14.4. The van der Waals surface area contributed by atoms with Gasteiger partial charge in [0.25, 0.3) is 5.91 Å². The number of hydrogen-bond acceptors (Lipinski definition) is 7. The summed E-state index contributed by atoms with van der Waals surface area (Å²) >= 11 is 6.42. The van der Waals surface area contributed by atoms with Gasteiger partial charge in [0.05, 0.1) is 12.2 Å². The van der Waals surface area contributed by atoms with Crippen LogP contribution in [0.4, 0.5) is 0 Å². The van der Waals surface area contributed by atoms with Gasteiger partial charge in [0.15, 0.2) is 17.2 Å². The molecule has 1 amide bonds. The number of hydrogen-bond donors (Lipinski definition) is 2. The number of likely N-dealkylation sites (tertiary alicyclic amines) is 1. The van der Waals surface area contributed by atoms with Gasteiger partial charge < -0.3 is 19.9 Å². The van der Waals surface area contributed by atoms with Crippen molar-refractivity contribution in [2.24, 2.45) is 0 Å². The molecule has 1 aromatic carbocycles. The molecule has 1 aromatic heterocycles. The van der Waals surface area contributed by atoms with E-state index in [9.17, 15) is 4.79 Å². The van der Waals surface area contributed by atoms with Crippen LogP contribution in [0.2, 0.25) is 5.02 Å². The molecular formula is C19H24ClN5O4. The van der Waals surface area contributed by atoms with E-state index < -0.39 is 0 Å². The smallest absolute Gasteiger partial charge is 0.273 e. The molecule has 9 nitrogen and oxygen atoms in total. The molecule has 0 aliphatic carbocycles. The van der Waals surface area contributed by atoms with E-state index in [0.717, 1.165) is 37.2 Å². The Kier molecular flexibility index (Phi) is 6.17. The van der Waals surface area contributed by atoms with Crippen molar-refractivity contribution in [3.63, 3.8) is 0 Å². The third kappa shape index (κ3) is 4.63. The predicted molar refractivity (Wildman–Crippen MR) is 105 cm³/mol. The standard InChI is InChI=1S/C19H24ClN5O4/c20-15-8-18-17(28-12-29-18)7-13(15)9-24-5-1-3-14(10-24)25-11-16(22-23-25)19(27)21-4-2-6-26/h7-8,11,14,26H,1-6,9-10,12H2,(H,21,27). The summed E-state index contributed by atoms with van der Waals surface area (Å²) in [5.74, 6) is 1.14. The summed E-state index contributed by atoms with van der Waals surface area (Å²) in [6.45, 7) is 3.14. The van der Waals surface area contributed by atoms with Gasteiger partial charge in [-0.05, 0) is 37.4 Å². The lowest BCUT2D eigenvalue weighted by atomic mass is 10.0. The maximum atomic E-state index is 12.1. The Hall–Kier alpha value is -2.36. The van der Waals surface area contributed by atoms with Gasteiger partial charge in [0.2, 0.25) is 6.79 Å². The second kappa shape index (κ2) is 8.98. The Morgan fingerprint density at radius 3 is 3.00 bits per heavy atom. The zero-order valence-electron chi connectivity index (χ0n) is 16.0. The third-order valence-corrected chi connectivity index (χ3v) is 5.51. The van der Waals surface area contributed by atoms with E-state index in [1.165, 1.54) is 0 Å². The van der Waals surface area contributed by atoms with Crippen LogP contribution in [-0.4, -0.2) is 63.9 Å². The molecule has 0 spiro atoms. The molecule has 3 heterocycles. The minimum Gasteiger partial charge on any atom is -0.454 e. The third-order valence-electron chi connectivity index (χ3n) is 5.15. The molecule has 1 fully saturated rings. The number of fused-ring (bicyclic) bond motifs is 1. The maximum absolute atomic E-state index is 12.1. The van der Waals surface area contributed by atoms with Gasteiger partial charge in [-0.1, -0.05) is 16.8 Å². The normalized spacial score (nSPS) is 18.8. The number of nitrogens with zero attached hydrogens (tertiary/aromatic N) is 4. The summed E-state index contributed by atoms with van der Waals surface area (Å²) in [6, 6.07) is 3.89. The number of aromatic nitrogens is 3. The van der Waals surface area contributed by atoms with Gasteiger partial charge in [0, 0.05) is 37.3 Å². The van der Waals surface area contributed by atoms with Crippen LogP contribution in [0.3, 0.4) is 0 Å². The molecule has 4 rings (SSSR count). The van der Waals surface area contributed by atoms with Crippen LogP contribution in [0, 0.1) is 0 Å². The number of ether oxygens (including phenoxy) is 2. The highest BCUT2D eigenvalue weighted by molar-refractivity contribution is 6.31. The van der Waals surface area contributed by atoms with E-state index >= 15 is 0 Å². The highest BCUT2D eigenvalue weighted by Crippen LogP contribution is 2.37.